The third-order valence-electron chi connectivity index (χ3n) is 2.85. The van der Waals surface area contributed by atoms with E-state index in [-0.39, 0.29) is 11.9 Å². The molecule has 0 spiro atoms. The molecule has 0 aromatic rings. The van der Waals surface area contributed by atoms with Gasteiger partial charge < -0.3 is 15.0 Å². The number of quaternary nitrogens is 1. The van der Waals surface area contributed by atoms with Gasteiger partial charge in [0.25, 0.3) is 5.91 Å². The van der Waals surface area contributed by atoms with E-state index in [4.69, 9.17) is 4.74 Å². The van der Waals surface area contributed by atoms with Crippen LogP contribution < -0.4 is 15.5 Å². The highest BCUT2D eigenvalue weighted by Crippen LogP contribution is 1.86. The highest BCUT2D eigenvalue weighted by Gasteiger charge is 2.19. The van der Waals surface area contributed by atoms with Gasteiger partial charge in [0.2, 0.25) is 0 Å². The first kappa shape index (κ1) is 13.9. The maximum Gasteiger partial charge on any atom is 0.321 e. The minimum Gasteiger partial charge on any atom is -0.370 e. The van der Waals surface area contributed by atoms with E-state index in [1.165, 1.54) is 0 Å². The minimum atomic E-state index is -0.406. The number of imide groups is 1. The van der Waals surface area contributed by atoms with Crippen molar-refractivity contribution in [2.45, 2.75) is 26.3 Å². The average molecular weight is 244 g/mol. The van der Waals surface area contributed by atoms with Crippen molar-refractivity contribution in [1.29, 1.82) is 0 Å². The van der Waals surface area contributed by atoms with Crippen LogP contribution in [0.4, 0.5) is 4.79 Å². The third kappa shape index (κ3) is 5.65. The molecule has 0 saturated carbocycles. The lowest BCUT2D eigenvalue weighted by Crippen LogP contribution is -3.15. The molecule has 3 amide bonds. The summed E-state index contributed by atoms with van der Waals surface area (Å²) in [6.07, 6.45) is 0.844. The Bertz CT molecular complexity index is 265. The Hall–Kier alpha value is -1.14. The zero-order chi connectivity index (χ0) is 12.7. The third-order valence-corrected chi connectivity index (χ3v) is 2.85. The summed E-state index contributed by atoms with van der Waals surface area (Å²) in [4.78, 5) is 24.1. The van der Waals surface area contributed by atoms with E-state index in [0.717, 1.165) is 24.4 Å². The molecule has 1 heterocycles. The van der Waals surface area contributed by atoms with E-state index in [2.05, 4.69) is 10.6 Å². The summed E-state index contributed by atoms with van der Waals surface area (Å²) in [7, 11) is 0. The molecule has 1 atom stereocenters. The van der Waals surface area contributed by atoms with Crippen molar-refractivity contribution < 1.29 is 19.2 Å². The maximum atomic E-state index is 11.6. The molecule has 6 heteroatoms. The first-order valence-corrected chi connectivity index (χ1v) is 6.13. The molecule has 1 aliphatic heterocycles. The second kappa shape index (κ2) is 7.24. The number of carbonyl (C=O) groups is 2. The van der Waals surface area contributed by atoms with Crippen molar-refractivity contribution >= 4 is 11.9 Å². The average Bonchev–Trinajstić information content (AvgIpc) is 2.29. The molecule has 3 N–H and O–H groups in total. The van der Waals surface area contributed by atoms with E-state index in [9.17, 15) is 9.59 Å². The van der Waals surface area contributed by atoms with E-state index in [1.807, 2.05) is 13.8 Å². The molecule has 1 aliphatic rings. The van der Waals surface area contributed by atoms with Crippen LogP contribution in [0.15, 0.2) is 0 Å². The number of rotatable bonds is 4. The zero-order valence-corrected chi connectivity index (χ0v) is 10.5. The maximum absolute atomic E-state index is 11.6. The Balaban J connectivity index is 2.21. The van der Waals surface area contributed by atoms with Crippen LogP contribution in [0.3, 0.4) is 0 Å². The predicted molar refractivity (Wildman–Crippen MR) is 62.8 cm³/mol. The van der Waals surface area contributed by atoms with E-state index >= 15 is 0 Å². The summed E-state index contributed by atoms with van der Waals surface area (Å²) < 4.78 is 5.20. The van der Waals surface area contributed by atoms with Gasteiger partial charge in [-0.3, -0.25) is 10.1 Å². The molecular weight excluding hydrogens is 222 g/mol. The number of urea groups is 1. The molecule has 1 saturated heterocycles. The topological polar surface area (TPSA) is 71.9 Å². The summed E-state index contributed by atoms with van der Waals surface area (Å²) >= 11 is 0. The molecule has 0 aliphatic carbocycles. The normalized spacial score (nSPS) is 18.5. The molecule has 0 unspecified atom stereocenters. The second-order valence-corrected chi connectivity index (χ2v) is 4.37. The van der Waals surface area contributed by atoms with Gasteiger partial charge in [-0.2, -0.15) is 0 Å². The molecule has 0 aromatic carbocycles. The Morgan fingerprint density at radius 3 is 2.59 bits per heavy atom. The first-order valence-electron chi connectivity index (χ1n) is 6.13. The van der Waals surface area contributed by atoms with Crippen molar-refractivity contribution in [2.24, 2.45) is 0 Å². The van der Waals surface area contributed by atoms with Crippen molar-refractivity contribution in [3.05, 3.63) is 0 Å². The summed E-state index contributed by atoms with van der Waals surface area (Å²) in [6, 6.07) is -0.324. The largest absolute Gasteiger partial charge is 0.370 e. The Morgan fingerprint density at radius 2 is 2.00 bits per heavy atom. The standard InChI is InChI=1S/C11H21N3O3/c1-3-9(2)12-11(16)13-10(15)8-14-4-6-17-7-5-14/h9H,3-8H2,1-2H3,(H2,12,13,15,16)/p+1/t9-/m0/s1. The van der Waals surface area contributed by atoms with Gasteiger partial charge in [-0.15, -0.1) is 0 Å². The minimum absolute atomic E-state index is 0.0820. The predicted octanol–water partition coefficient (Wildman–Crippen LogP) is -1.47. The number of morpholine rings is 1. The van der Waals surface area contributed by atoms with Crippen LogP contribution >= 0.6 is 0 Å². The van der Waals surface area contributed by atoms with E-state index < -0.39 is 6.03 Å². The number of hydrogen-bond donors (Lipinski definition) is 3. The Morgan fingerprint density at radius 1 is 1.35 bits per heavy atom. The lowest BCUT2D eigenvalue weighted by atomic mass is 10.3. The van der Waals surface area contributed by atoms with Crippen molar-refractivity contribution in [3.8, 4) is 0 Å². The van der Waals surface area contributed by atoms with E-state index in [0.29, 0.717) is 19.8 Å². The molecule has 0 aromatic heterocycles. The molecule has 0 bridgehead atoms. The molecule has 1 rings (SSSR count). The second-order valence-electron chi connectivity index (χ2n) is 4.37. The number of ether oxygens (including phenoxy) is 1. The monoisotopic (exact) mass is 244 g/mol. The van der Waals surface area contributed by atoms with Crippen molar-refractivity contribution in [1.82, 2.24) is 10.6 Å². The van der Waals surface area contributed by atoms with Gasteiger partial charge >= 0.3 is 6.03 Å². The fourth-order valence-electron chi connectivity index (χ4n) is 1.60. The van der Waals surface area contributed by atoms with Crippen LogP contribution in [0.2, 0.25) is 0 Å². The molecule has 17 heavy (non-hydrogen) atoms. The van der Waals surface area contributed by atoms with Gasteiger partial charge in [0.1, 0.15) is 13.1 Å². The van der Waals surface area contributed by atoms with Crippen molar-refractivity contribution in [2.75, 3.05) is 32.8 Å². The Kier molecular flexibility index (Phi) is 5.93. The first-order chi connectivity index (χ1) is 8.11. The quantitative estimate of drug-likeness (QED) is 0.565. The molecule has 1 fully saturated rings. The smallest absolute Gasteiger partial charge is 0.321 e. The van der Waals surface area contributed by atoms with Gasteiger partial charge in [-0.1, -0.05) is 6.92 Å². The van der Waals surface area contributed by atoms with Crippen LogP contribution in [-0.4, -0.2) is 50.8 Å². The van der Waals surface area contributed by atoms with Crippen LogP contribution in [-0.2, 0) is 9.53 Å². The lowest BCUT2D eigenvalue weighted by molar-refractivity contribution is -0.900. The Labute approximate surface area is 102 Å². The van der Waals surface area contributed by atoms with Crippen LogP contribution in [0.5, 0.6) is 0 Å². The molecule has 6 nitrogen and oxygen atoms in total. The lowest BCUT2D eigenvalue weighted by Gasteiger charge is -2.23. The number of carbonyl (C=O) groups excluding carboxylic acids is 2. The fourth-order valence-corrected chi connectivity index (χ4v) is 1.60. The summed E-state index contributed by atoms with van der Waals surface area (Å²) in [6.45, 7) is 7.21. The zero-order valence-electron chi connectivity index (χ0n) is 10.5. The summed E-state index contributed by atoms with van der Waals surface area (Å²) in [5, 5.41) is 5.03. The highest BCUT2D eigenvalue weighted by atomic mass is 16.5. The number of nitrogens with one attached hydrogen (secondary N) is 3. The molecule has 0 radical (unpaired) electrons. The molecule has 98 valence electrons. The highest BCUT2D eigenvalue weighted by molar-refractivity contribution is 5.94. The SMILES string of the molecule is CC[C@H](C)NC(=O)NC(=O)C[NH+]1CCOCC1. The fraction of sp³-hybridized carbons (Fsp3) is 0.818. The van der Waals surface area contributed by atoms with Gasteiger partial charge in [-0.25, -0.2) is 4.79 Å². The van der Waals surface area contributed by atoms with Gasteiger partial charge in [0.15, 0.2) is 6.54 Å². The number of hydrogen-bond acceptors (Lipinski definition) is 3. The number of amides is 3. The van der Waals surface area contributed by atoms with Crippen LogP contribution in [0, 0.1) is 0 Å². The van der Waals surface area contributed by atoms with Gasteiger partial charge in [0, 0.05) is 6.04 Å². The molecular formula is C11H22N3O3+. The van der Waals surface area contributed by atoms with Gasteiger partial charge in [0.05, 0.1) is 13.2 Å². The van der Waals surface area contributed by atoms with E-state index in [1.54, 1.807) is 0 Å². The van der Waals surface area contributed by atoms with Crippen LogP contribution in [0.1, 0.15) is 20.3 Å². The summed E-state index contributed by atoms with van der Waals surface area (Å²) in [5.41, 5.74) is 0. The van der Waals surface area contributed by atoms with Crippen LogP contribution in [0.25, 0.3) is 0 Å². The van der Waals surface area contributed by atoms with Crippen molar-refractivity contribution in [3.63, 3.8) is 0 Å². The summed E-state index contributed by atoms with van der Waals surface area (Å²) in [5.74, 6) is -0.234. The van der Waals surface area contributed by atoms with Gasteiger partial charge in [-0.05, 0) is 13.3 Å².